The van der Waals surface area contributed by atoms with Crippen molar-refractivity contribution in [2.75, 3.05) is 11.5 Å². The van der Waals surface area contributed by atoms with Gasteiger partial charge in [0.1, 0.15) is 11.5 Å². The average molecular weight is 478 g/mol. The molecule has 0 saturated carbocycles. The van der Waals surface area contributed by atoms with Crippen LogP contribution in [0.3, 0.4) is 0 Å². The second kappa shape index (κ2) is 17.1. The van der Waals surface area contributed by atoms with Crippen molar-refractivity contribution in [2.24, 2.45) is 0 Å². The topological polar surface area (TPSA) is 68.1 Å². The lowest BCUT2D eigenvalue weighted by atomic mass is 10.1. The highest BCUT2D eigenvalue weighted by Gasteiger charge is 2.10. The zero-order valence-electron chi connectivity index (χ0n) is 19.7. The van der Waals surface area contributed by atoms with Gasteiger partial charge in [0, 0.05) is 11.5 Å². The molecular weight excluding hydrogens is 438 g/mol. The normalized spacial score (nSPS) is 11.1. The summed E-state index contributed by atoms with van der Waals surface area (Å²) in [5.41, 5.74) is 0. The third-order valence-electron chi connectivity index (χ3n) is 5.08. The van der Waals surface area contributed by atoms with Crippen LogP contribution in [0, 0.1) is 0 Å². The third kappa shape index (κ3) is 12.0. The number of nitrogens with zero attached hydrogens (tertiary/aromatic N) is 3. The zero-order chi connectivity index (χ0) is 22.9. The largest absolute Gasteiger partial charge is 0.508 e. The Morgan fingerprint density at radius 3 is 1.62 bits per heavy atom. The molecule has 178 valence electrons. The summed E-state index contributed by atoms with van der Waals surface area (Å²) in [5, 5.41) is 10.9. The van der Waals surface area contributed by atoms with E-state index in [1.807, 2.05) is 0 Å². The molecule has 0 spiro atoms. The first-order valence-corrected chi connectivity index (χ1v) is 14.2. The first-order chi connectivity index (χ1) is 15.7. The van der Waals surface area contributed by atoms with Crippen LogP contribution >= 0.6 is 23.5 Å². The number of unbranched alkanes of at least 4 members (excludes halogenated alkanes) is 10. The Morgan fingerprint density at radius 1 is 0.656 bits per heavy atom. The van der Waals surface area contributed by atoms with Crippen LogP contribution in [0.5, 0.6) is 17.5 Å². The Labute approximate surface area is 202 Å². The second-order valence-corrected chi connectivity index (χ2v) is 10.1. The van der Waals surface area contributed by atoms with Gasteiger partial charge in [-0.25, -0.2) is 0 Å². The zero-order valence-corrected chi connectivity index (χ0v) is 21.4. The van der Waals surface area contributed by atoms with E-state index in [-0.39, 0.29) is 5.75 Å². The number of phenolic OH excluding ortho intramolecular Hbond substituents is 1. The van der Waals surface area contributed by atoms with Crippen molar-refractivity contribution in [1.29, 1.82) is 0 Å². The molecule has 1 aromatic heterocycles. The van der Waals surface area contributed by atoms with Crippen LogP contribution in [0.4, 0.5) is 0 Å². The lowest BCUT2D eigenvalue weighted by Crippen LogP contribution is -2.00. The molecule has 0 aliphatic rings. The first-order valence-electron chi connectivity index (χ1n) is 12.2. The van der Waals surface area contributed by atoms with E-state index in [1.54, 1.807) is 47.8 Å². The van der Waals surface area contributed by atoms with Crippen molar-refractivity contribution < 1.29 is 9.84 Å². The van der Waals surface area contributed by atoms with Gasteiger partial charge in [0.2, 0.25) is 0 Å². The van der Waals surface area contributed by atoms with E-state index in [4.69, 9.17) is 4.74 Å². The first kappa shape index (κ1) is 26.8. The van der Waals surface area contributed by atoms with Crippen molar-refractivity contribution in [3.63, 3.8) is 0 Å². The van der Waals surface area contributed by atoms with Crippen LogP contribution < -0.4 is 4.74 Å². The predicted octanol–water partition coefficient (Wildman–Crippen LogP) is 8.27. The van der Waals surface area contributed by atoms with E-state index in [0.717, 1.165) is 21.8 Å². The molecule has 0 saturated heterocycles. The van der Waals surface area contributed by atoms with E-state index in [2.05, 4.69) is 28.8 Å². The monoisotopic (exact) mass is 477 g/mol. The van der Waals surface area contributed by atoms with E-state index in [0.29, 0.717) is 11.8 Å². The Kier molecular flexibility index (Phi) is 14.3. The Balaban J connectivity index is 1.89. The molecule has 1 N–H and O–H groups in total. The summed E-state index contributed by atoms with van der Waals surface area (Å²) < 4.78 is 5.86. The number of hydrogen-bond donors (Lipinski definition) is 1. The SMILES string of the molecule is CCCCCCCCSc1nc(Oc2ccc(O)cc2)nc(SCCCCCCCC)n1. The van der Waals surface area contributed by atoms with Gasteiger partial charge in [0.05, 0.1) is 0 Å². The lowest BCUT2D eigenvalue weighted by Gasteiger charge is -2.08. The van der Waals surface area contributed by atoms with Crippen molar-refractivity contribution in [1.82, 2.24) is 15.0 Å². The van der Waals surface area contributed by atoms with E-state index in [1.165, 1.54) is 77.0 Å². The van der Waals surface area contributed by atoms with Crippen LogP contribution in [-0.4, -0.2) is 31.6 Å². The molecule has 0 aliphatic heterocycles. The van der Waals surface area contributed by atoms with E-state index < -0.39 is 0 Å². The predicted molar refractivity (Wildman–Crippen MR) is 136 cm³/mol. The van der Waals surface area contributed by atoms with Gasteiger partial charge < -0.3 is 9.84 Å². The number of benzene rings is 1. The lowest BCUT2D eigenvalue weighted by molar-refractivity contribution is 0.421. The Hall–Kier alpha value is -1.47. The molecular formula is C25H39N3O2S2. The molecule has 1 aromatic carbocycles. The summed E-state index contributed by atoms with van der Waals surface area (Å²) in [6.07, 6.45) is 15.4. The molecule has 0 unspecified atom stereocenters. The van der Waals surface area contributed by atoms with Crippen molar-refractivity contribution >= 4 is 23.5 Å². The molecule has 5 nitrogen and oxygen atoms in total. The average Bonchev–Trinajstić information content (AvgIpc) is 2.79. The number of aromatic hydroxyl groups is 1. The van der Waals surface area contributed by atoms with Crippen molar-refractivity contribution in [3.8, 4) is 17.5 Å². The molecule has 1 heterocycles. The highest BCUT2D eigenvalue weighted by Crippen LogP contribution is 2.26. The van der Waals surface area contributed by atoms with E-state index >= 15 is 0 Å². The minimum atomic E-state index is 0.207. The van der Waals surface area contributed by atoms with Gasteiger partial charge >= 0.3 is 6.01 Å². The molecule has 0 atom stereocenters. The minimum absolute atomic E-state index is 0.207. The molecule has 32 heavy (non-hydrogen) atoms. The molecule has 7 heteroatoms. The summed E-state index contributed by atoms with van der Waals surface area (Å²) in [4.78, 5) is 13.7. The molecule has 2 rings (SSSR count). The summed E-state index contributed by atoms with van der Waals surface area (Å²) >= 11 is 3.37. The maximum Gasteiger partial charge on any atom is 0.327 e. The van der Waals surface area contributed by atoms with Crippen LogP contribution in [0.15, 0.2) is 34.6 Å². The second-order valence-electron chi connectivity index (χ2n) is 8.01. The standard InChI is InChI=1S/C25H39N3O2S2/c1-3-5-7-9-11-13-19-31-24-26-23(30-22-17-15-21(29)16-18-22)27-25(28-24)32-20-14-12-10-8-6-4-2/h15-18,29H,3-14,19-20H2,1-2H3. The fraction of sp³-hybridized carbons (Fsp3) is 0.640. The van der Waals surface area contributed by atoms with Crippen LogP contribution in [0.2, 0.25) is 0 Å². The van der Waals surface area contributed by atoms with Crippen LogP contribution in [0.1, 0.15) is 90.9 Å². The number of thioether (sulfide) groups is 2. The van der Waals surface area contributed by atoms with Gasteiger partial charge in [-0.15, -0.1) is 0 Å². The number of phenols is 1. The quantitative estimate of drug-likeness (QED) is 0.171. The number of rotatable bonds is 18. The third-order valence-corrected chi connectivity index (χ3v) is 6.94. The van der Waals surface area contributed by atoms with Gasteiger partial charge in [-0.3, -0.25) is 0 Å². The summed E-state index contributed by atoms with van der Waals surface area (Å²) in [6.45, 7) is 4.49. The van der Waals surface area contributed by atoms with Gasteiger partial charge in [-0.1, -0.05) is 102 Å². The molecule has 0 aliphatic carbocycles. The smallest absolute Gasteiger partial charge is 0.327 e. The molecule has 0 amide bonds. The molecule has 2 aromatic rings. The van der Waals surface area contributed by atoms with Gasteiger partial charge in [-0.05, 0) is 37.1 Å². The summed E-state index contributed by atoms with van der Waals surface area (Å²) in [7, 11) is 0. The number of hydrogen-bond acceptors (Lipinski definition) is 7. The summed E-state index contributed by atoms with van der Waals surface area (Å²) in [5.74, 6) is 2.83. The molecule has 0 bridgehead atoms. The van der Waals surface area contributed by atoms with Crippen LogP contribution in [-0.2, 0) is 0 Å². The maximum absolute atomic E-state index is 9.48. The van der Waals surface area contributed by atoms with Gasteiger partial charge in [-0.2, -0.15) is 15.0 Å². The van der Waals surface area contributed by atoms with Gasteiger partial charge in [0.25, 0.3) is 0 Å². The fourth-order valence-electron chi connectivity index (χ4n) is 3.21. The van der Waals surface area contributed by atoms with Gasteiger partial charge in [0.15, 0.2) is 10.3 Å². The van der Waals surface area contributed by atoms with E-state index in [9.17, 15) is 5.11 Å². The molecule has 0 radical (unpaired) electrons. The number of ether oxygens (including phenoxy) is 1. The minimum Gasteiger partial charge on any atom is -0.508 e. The Morgan fingerprint density at radius 2 is 1.12 bits per heavy atom. The highest BCUT2D eigenvalue weighted by atomic mass is 32.2. The van der Waals surface area contributed by atoms with Crippen LogP contribution in [0.25, 0.3) is 0 Å². The summed E-state index contributed by atoms with van der Waals surface area (Å²) in [6, 6.07) is 6.94. The fourth-order valence-corrected chi connectivity index (χ4v) is 4.91. The Bertz CT molecular complexity index is 708. The van der Waals surface area contributed by atoms with Crippen molar-refractivity contribution in [3.05, 3.63) is 24.3 Å². The van der Waals surface area contributed by atoms with Crippen molar-refractivity contribution in [2.45, 2.75) is 101 Å². The maximum atomic E-state index is 9.48. The molecule has 0 fully saturated rings. The highest BCUT2D eigenvalue weighted by molar-refractivity contribution is 7.99. The number of aromatic nitrogens is 3.